The standard InChI is InChI=1S/C18H23N5O5/c1-10-5-11(28-23-10)7-16(24)19-15-8-13(21-22-15)14-6-12(9-26-14)27-17(25)20-18(2)3-4-18/h5,8,12,14H,3-4,6-7,9H2,1-2H3,(H,20,25)(H2,19,21,22,24)/t12-,14-/m1/s1. The molecule has 1 aliphatic heterocycles. The van der Waals surface area contributed by atoms with Gasteiger partial charge in [0.1, 0.15) is 18.0 Å². The number of H-pyrrole nitrogens is 1. The summed E-state index contributed by atoms with van der Waals surface area (Å²) in [5, 5.41) is 16.3. The minimum atomic E-state index is -0.408. The Morgan fingerprint density at radius 2 is 2.21 bits per heavy atom. The molecule has 10 heteroatoms. The number of anilines is 1. The van der Waals surface area contributed by atoms with Crippen LogP contribution < -0.4 is 10.6 Å². The van der Waals surface area contributed by atoms with E-state index in [9.17, 15) is 9.59 Å². The van der Waals surface area contributed by atoms with Gasteiger partial charge >= 0.3 is 6.09 Å². The van der Waals surface area contributed by atoms with Crippen molar-refractivity contribution in [3.8, 4) is 0 Å². The molecule has 1 aliphatic carbocycles. The summed E-state index contributed by atoms with van der Waals surface area (Å²) >= 11 is 0. The fourth-order valence-corrected chi connectivity index (χ4v) is 3.05. The molecule has 10 nitrogen and oxygen atoms in total. The van der Waals surface area contributed by atoms with E-state index >= 15 is 0 Å². The predicted octanol–water partition coefficient (Wildman–Crippen LogP) is 2.00. The summed E-state index contributed by atoms with van der Waals surface area (Å²) in [7, 11) is 0. The second-order valence-corrected chi connectivity index (χ2v) is 7.64. The molecule has 0 bridgehead atoms. The first-order valence-corrected chi connectivity index (χ1v) is 9.26. The predicted molar refractivity (Wildman–Crippen MR) is 96.5 cm³/mol. The van der Waals surface area contributed by atoms with Gasteiger partial charge < -0.3 is 24.6 Å². The number of aromatic nitrogens is 3. The molecule has 2 aromatic heterocycles. The Bertz CT molecular complexity index is 871. The van der Waals surface area contributed by atoms with Crippen molar-refractivity contribution in [1.29, 1.82) is 0 Å². The van der Waals surface area contributed by atoms with Crippen LogP contribution in [0.3, 0.4) is 0 Å². The quantitative estimate of drug-likeness (QED) is 0.688. The van der Waals surface area contributed by atoms with Crippen molar-refractivity contribution in [2.24, 2.45) is 0 Å². The molecule has 3 N–H and O–H groups in total. The molecule has 28 heavy (non-hydrogen) atoms. The van der Waals surface area contributed by atoms with Gasteiger partial charge in [0.05, 0.1) is 24.4 Å². The van der Waals surface area contributed by atoms with Crippen LogP contribution in [0.25, 0.3) is 0 Å². The van der Waals surface area contributed by atoms with E-state index in [4.69, 9.17) is 14.0 Å². The molecule has 0 radical (unpaired) electrons. The minimum Gasteiger partial charge on any atom is -0.444 e. The van der Waals surface area contributed by atoms with E-state index < -0.39 is 6.09 Å². The van der Waals surface area contributed by atoms with Crippen molar-refractivity contribution in [1.82, 2.24) is 20.7 Å². The maximum Gasteiger partial charge on any atom is 0.407 e. The molecule has 4 rings (SSSR count). The average molecular weight is 389 g/mol. The highest BCUT2D eigenvalue weighted by molar-refractivity contribution is 5.91. The number of nitrogens with zero attached hydrogens (tertiary/aromatic N) is 2. The lowest BCUT2D eigenvalue weighted by molar-refractivity contribution is -0.115. The van der Waals surface area contributed by atoms with Gasteiger partial charge in [-0.05, 0) is 26.7 Å². The van der Waals surface area contributed by atoms with Gasteiger partial charge in [-0.1, -0.05) is 5.16 Å². The van der Waals surface area contributed by atoms with Crippen LogP contribution in [0.15, 0.2) is 16.7 Å². The Balaban J connectivity index is 1.26. The second kappa shape index (κ2) is 7.27. The van der Waals surface area contributed by atoms with Crippen LogP contribution in [-0.2, 0) is 20.7 Å². The second-order valence-electron chi connectivity index (χ2n) is 7.64. The number of nitrogens with one attached hydrogen (secondary N) is 3. The van der Waals surface area contributed by atoms with Crippen molar-refractivity contribution < 1.29 is 23.6 Å². The van der Waals surface area contributed by atoms with Crippen molar-refractivity contribution in [3.63, 3.8) is 0 Å². The molecule has 0 unspecified atom stereocenters. The third-order valence-corrected chi connectivity index (χ3v) is 4.86. The number of amides is 2. The molecular weight excluding hydrogens is 366 g/mol. The topological polar surface area (TPSA) is 131 Å². The van der Waals surface area contributed by atoms with Gasteiger partial charge in [-0.2, -0.15) is 5.10 Å². The summed E-state index contributed by atoms with van der Waals surface area (Å²) in [6.45, 7) is 4.10. The van der Waals surface area contributed by atoms with Crippen molar-refractivity contribution in [3.05, 3.63) is 29.3 Å². The summed E-state index contributed by atoms with van der Waals surface area (Å²) in [4.78, 5) is 24.0. The van der Waals surface area contributed by atoms with Gasteiger partial charge in [-0.15, -0.1) is 0 Å². The normalized spacial score (nSPS) is 22.6. The Kier molecular flexibility index (Phi) is 4.80. The van der Waals surface area contributed by atoms with Crippen molar-refractivity contribution in [2.75, 3.05) is 11.9 Å². The summed E-state index contributed by atoms with van der Waals surface area (Å²) in [6, 6.07) is 3.42. The lowest BCUT2D eigenvalue weighted by Gasteiger charge is -2.15. The number of carbonyl (C=O) groups excluding carboxylic acids is 2. The number of hydrogen-bond donors (Lipinski definition) is 3. The maximum atomic E-state index is 12.1. The Morgan fingerprint density at radius 3 is 2.93 bits per heavy atom. The Labute approximate surface area is 161 Å². The zero-order valence-electron chi connectivity index (χ0n) is 15.8. The van der Waals surface area contributed by atoms with Gasteiger partial charge in [0.15, 0.2) is 5.82 Å². The Morgan fingerprint density at radius 1 is 1.39 bits per heavy atom. The van der Waals surface area contributed by atoms with Crippen molar-refractivity contribution >= 4 is 17.8 Å². The molecule has 1 saturated heterocycles. The Hall–Kier alpha value is -2.88. The molecule has 2 amide bonds. The zero-order valence-corrected chi connectivity index (χ0v) is 15.8. The highest BCUT2D eigenvalue weighted by Crippen LogP contribution is 2.35. The molecule has 150 valence electrons. The van der Waals surface area contributed by atoms with Crippen molar-refractivity contribution in [2.45, 2.75) is 57.3 Å². The fraction of sp³-hybridized carbons (Fsp3) is 0.556. The van der Waals surface area contributed by atoms with Crippen LogP contribution in [-0.4, -0.2) is 45.6 Å². The SMILES string of the molecule is Cc1cc(CC(=O)Nc2cc([C@H]3C[C@@H](OC(=O)NC4(C)CC4)CO3)[nH]n2)on1. The summed E-state index contributed by atoms with van der Waals surface area (Å²) in [6.07, 6.45) is 1.56. The highest BCUT2D eigenvalue weighted by atomic mass is 16.6. The number of aryl methyl sites for hydroxylation is 1. The van der Waals surface area contributed by atoms with Gasteiger partial charge in [0.25, 0.3) is 0 Å². The number of rotatable bonds is 6. The lowest BCUT2D eigenvalue weighted by Crippen LogP contribution is -2.37. The van der Waals surface area contributed by atoms with Gasteiger partial charge in [-0.25, -0.2) is 4.79 Å². The summed E-state index contributed by atoms with van der Waals surface area (Å²) in [5.74, 6) is 0.625. The first kappa shape index (κ1) is 18.5. The molecule has 0 aromatic carbocycles. The van der Waals surface area contributed by atoms with Gasteiger partial charge in [-0.3, -0.25) is 9.89 Å². The van der Waals surface area contributed by atoms with E-state index in [0.29, 0.717) is 30.3 Å². The number of hydrogen-bond acceptors (Lipinski definition) is 7. The zero-order chi connectivity index (χ0) is 19.7. The molecule has 0 spiro atoms. The van der Waals surface area contributed by atoms with E-state index in [2.05, 4.69) is 26.0 Å². The van der Waals surface area contributed by atoms with E-state index in [1.807, 2.05) is 6.92 Å². The van der Waals surface area contributed by atoms with Gasteiger partial charge in [0.2, 0.25) is 5.91 Å². The molecule has 2 atom stereocenters. The highest BCUT2D eigenvalue weighted by Gasteiger charge is 2.40. The van der Waals surface area contributed by atoms with Crippen LogP contribution in [0, 0.1) is 6.92 Å². The van der Waals surface area contributed by atoms with Crippen LogP contribution in [0.4, 0.5) is 10.6 Å². The molecule has 1 saturated carbocycles. The molecule has 3 heterocycles. The van der Waals surface area contributed by atoms with Crippen LogP contribution in [0.5, 0.6) is 0 Å². The van der Waals surface area contributed by atoms with E-state index in [1.165, 1.54) is 0 Å². The largest absolute Gasteiger partial charge is 0.444 e. The van der Waals surface area contributed by atoms with Crippen LogP contribution in [0.2, 0.25) is 0 Å². The van der Waals surface area contributed by atoms with Gasteiger partial charge in [0, 0.05) is 24.1 Å². The fourth-order valence-electron chi connectivity index (χ4n) is 3.05. The first-order chi connectivity index (χ1) is 13.4. The molecule has 2 aliphatic rings. The maximum absolute atomic E-state index is 12.1. The van der Waals surface area contributed by atoms with Crippen LogP contribution >= 0.6 is 0 Å². The number of ether oxygens (including phenoxy) is 2. The smallest absolute Gasteiger partial charge is 0.407 e. The first-order valence-electron chi connectivity index (χ1n) is 9.26. The number of alkyl carbamates (subject to hydrolysis) is 1. The average Bonchev–Trinajstić information content (AvgIpc) is 3.05. The number of carbonyl (C=O) groups is 2. The van der Waals surface area contributed by atoms with E-state index in [-0.39, 0.29) is 30.1 Å². The molecular formula is C18H23N5O5. The minimum absolute atomic E-state index is 0.0763. The van der Waals surface area contributed by atoms with E-state index in [1.54, 1.807) is 19.1 Å². The number of aromatic amines is 1. The third kappa shape index (κ3) is 4.50. The molecule has 2 fully saturated rings. The third-order valence-electron chi connectivity index (χ3n) is 4.86. The van der Waals surface area contributed by atoms with E-state index in [0.717, 1.165) is 18.5 Å². The monoisotopic (exact) mass is 389 g/mol. The lowest BCUT2D eigenvalue weighted by atomic mass is 10.1. The molecule has 2 aromatic rings. The van der Waals surface area contributed by atoms with Crippen LogP contribution in [0.1, 0.15) is 49.4 Å². The summed E-state index contributed by atoms with van der Waals surface area (Å²) < 4.78 is 16.2. The summed E-state index contributed by atoms with van der Waals surface area (Å²) in [5.41, 5.74) is 1.32.